The number of hydrogen-bond donors (Lipinski definition) is 0. The molecule has 0 N–H and O–H groups in total. The third kappa shape index (κ3) is 49.3. The maximum Gasteiger partial charge on any atom is 0.306 e. The van der Waals surface area contributed by atoms with Crippen LogP contribution in [0.5, 0.6) is 0 Å². The second kappa shape index (κ2) is 47.9. The zero-order valence-electron chi connectivity index (χ0n) is 41.8. The highest BCUT2D eigenvalue weighted by atomic mass is 16.6. The molecule has 6 heteroatoms. The summed E-state index contributed by atoms with van der Waals surface area (Å²) in [4.78, 5) is 38.0. The van der Waals surface area contributed by atoms with Crippen LogP contribution in [0.15, 0.2) is 0 Å². The van der Waals surface area contributed by atoms with Crippen molar-refractivity contribution in [3.63, 3.8) is 0 Å². The van der Waals surface area contributed by atoms with Crippen LogP contribution >= 0.6 is 0 Å². The molecule has 0 rings (SSSR count). The van der Waals surface area contributed by atoms with Crippen molar-refractivity contribution in [1.29, 1.82) is 0 Å². The Hall–Kier alpha value is -1.59. The van der Waals surface area contributed by atoms with E-state index in [9.17, 15) is 14.4 Å². The summed E-state index contributed by atoms with van der Waals surface area (Å²) in [6.45, 7) is 11.3. The van der Waals surface area contributed by atoms with Gasteiger partial charge in [0.1, 0.15) is 13.2 Å². The molecule has 0 unspecified atom stereocenters. The van der Waals surface area contributed by atoms with E-state index in [2.05, 4.69) is 34.6 Å². The fraction of sp³-hybridized carbons (Fsp3) is 0.945. The Labute approximate surface area is 380 Å². The van der Waals surface area contributed by atoms with Crippen LogP contribution in [0.4, 0.5) is 0 Å². The number of carbonyl (C=O) groups excluding carboxylic acids is 3. The maximum absolute atomic E-state index is 12.8. The summed E-state index contributed by atoms with van der Waals surface area (Å²) in [5.41, 5.74) is 0. The molecule has 0 fully saturated rings. The number of ether oxygens (including phenoxy) is 3. The molecule has 61 heavy (non-hydrogen) atoms. The first-order valence-electron chi connectivity index (χ1n) is 27.2. The minimum atomic E-state index is -0.762. The average molecular weight is 863 g/mol. The lowest BCUT2D eigenvalue weighted by Crippen LogP contribution is -2.30. The second-order valence-corrected chi connectivity index (χ2v) is 19.8. The van der Waals surface area contributed by atoms with E-state index in [1.807, 2.05) is 0 Å². The van der Waals surface area contributed by atoms with Gasteiger partial charge in [0.25, 0.3) is 0 Å². The molecule has 0 aliphatic rings. The second-order valence-electron chi connectivity index (χ2n) is 19.8. The van der Waals surface area contributed by atoms with E-state index in [0.29, 0.717) is 19.3 Å². The number of esters is 3. The largest absolute Gasteiger partial charge is 0.462 e. The lowest BCUT2D eigenvalue weighted by atomic mass is 10.0. The molecule has 0 aromatic rings. The highest BCUT2D eigenvalue weighted by molar-refractivity contribution is 5.71. The van der Waals surface area contributed by atoms with Crippen molar-refractivity contribution in [2.24, 2.45) is 11.8 Å². The van der Waals surface area contributed by atoms with Gasteiger partial charge in [-0.25, -0.2) is 0 Å². The predicted octanol–water partition coefficient (Wildman–Crippen LogP) is 17.7. The van der Waals surface area contributed by atoms with E-state index in [1.54, 1.807) is 0 Å². The topological polar surface area (TPSA) is 78.9 Å². The van der Waals surface area contributed by atoms with Crippen molar-refractivity contribution in [2.45, 2.75) is 310 Å². The molecule has 1 atom stereocenters. The van der Waals surface area contributed by atoms with Gasteiger partial charge in [-0.3, -0.25) is 14.4 Å². The van der Waals surface area contributed by atoms with Gasteiger partial charge < -0.3 is 14.2 Å². The van der Waals surface area contributed by atoms with E-state index in [1.165, 1.54) is 193 Å². The first kappa shape index (κ1) is 59.4. The molecule has 362 valence electrons. The minimum absolute atomic E-state index is 0.0641. The third-order valence-corrected chi connectivity index (χ3v) is 12.5. The van der Waals surface area contributed by atoms with Crippen LogP contribution in [-0.2, 0) is 28.6 Å². The van der Waals surface area contributed by atoms with E-state index in [4.69, 9.17) is 14.2 Å². The summed E-state index contributed by atoms with van der Waals surface area (Å²) >= 11 is 0. The normalized spacial score (nSPS) is 12.0. The van der Waals surface area contributed by atoms with Gasteiger partial charge in [-0.15, -0.1) is 0 Å². The lowest BCUT2D eigenvalue weighted by molar-refractivity contribution is -0.167. The summed E-state index contributed by atoms with van der Waals surface area (Å²) in [5.74, 6) is 0.767. The molecular formula is C55H106O6. The van der Waals surface area contributed by atoms with Gasteiger partial charge in [0.2, 0.25) is 0 Å². The van der Waals surface area contributed by atoms with Gasteiger partial charge in [0.05, 0.1) is 0 Å². The van der Waals surface area contributed by atoms with Crippen LogP contribution in [0.1, 0.15) is 304 Å². The Balaban J connectivity index is 4.27. The van der Waals surface area contributed by atoms with E-state index < -0.39 is 6.10 Å². The van der Waals surface area contributed by atoms with Gasteiger partial charge in [0, 0.05) is 19.3 Å². The fourth-order valence-electron chi connectivity index (χ4n) is 8.34. The first-order chi connectivity index (χ1) is 29.7. The fourth-order valence-corrected chi connectivity index (χ4v) is 8.34. The Kier molecular flexibility index (Phi) is 46.6. The average Bonchev–Trinajstić information content (AvgIpc) is 3.23. The Morgan fingerprint density at radius 3 is 0.803 bits per heavy atom. The van der Waals surface area contributed by atoms with Crippen LogP contribution in [0.3, 0.4) is 0 Å². The minimum Gasteiger partial charge on any atom is -0.462 e. The van der Waals surface area contributed by atoms with Crippen LogP contribution in [0, 0.1) is 11.8 Å². The molecular weight excluding hydrogens is 757 g/mol. The van der Waals surface area contributed by atoms with Crippen molar-refractivity contribution < 1.29 is 28.6 Å². The maximum atomic E-state index is 12.8. The summed E-state index contributed by atoms with van der Waals surface area (Å²) < 4.78 is 16.8. The molecule has 6 nitrogen and oxygen atoms in total. The van der Waals surface area contributed by atoms with Gasteiger partial charge in [-0.1, -0.05) is 266 Å². The van der Waals surface area contributed by atoms with E-state index in [0.717, 1.165) is 69.6 Å². The van der Waals surface area contributed by atoms with Gasteiger partial charge in [0.15, 0.2) is 6.10 Å². The first-order valence-corrected chi connectivity index (χ1v) is 27.2. The molecule has 0 bridgehead atoms. The van der Waals surface area contributed by atoms with Crippen molar-refractivity contribution in [2.75, 3.05) is 13.2 Å². The highest BCUT2D eigenvalue weighted by Gasteiger charge is 2.19. The predicted molar refractivity (Wildman–Crippen MR) is 261 cm³/mol. The number of unbranched alkanes of at least 4 members (excludes halogenated alkanes) is 34. The monoisotopic (exact) mass is 863 g/mol. The summed E-state index contributed by atoms with van der Waals surface area (Å²) in [7, 11) is 0. The van der Waals surface area contributed by atoms with Gasteiger partial charge in [-0.2, -0.15) is 0 Å². The van der Waals surface area contributed by atoms with Crippen molar-refractivity contribution in [3.8, 4) is 0 Å². The zero-order valence-corrected chi connectivity index (χ0v) is 41.8. The van der Waals surface area contributed by atoms with Crippen molar-refractivity contribution >= 4 is 17.9 Å². The standard InChI is InChI=1S/C55H106O6/c1-6-7-8-9-10-11-12-13-14-15-16-17-18-19-20-25-32-37-42-47-55(58)61-52(49-60-54(57)46-41-36-31-27-26-29-34-39-44-51(4)5)48-59-53(56)45-40-35-30-24-22-21-23-28-33-38-43-50(2)3/h50-52H,6-49H2,1-5H3/t52-/m1/s1. The summed E-state index contributed by atoms with van der Waals surface area (Å²) in [6, 6.07) is 0. The zero-order chi connectivity index (χ0) is 44.7. The Bertz CT molecular complexity index is 931. The molecule has 0 saturated carbocycles. The summed E-state index contributed by atoms with van der Waals surface area (Å²) in [5, 5.41) is 0. The molecule has 0 amide bonds. The number of hydrogen-bond acceptors (Lipinski definition) is 6. The van der Waals surface area contributed by atoms with E-state index in [-0.39, 0.29) is 31.1 Å². The smallest absolute Gasteiger partial charge is 0.306 e. The van der Waals surface area contributed by atoms with Crippen LogP contribution in [0.25, 0.3) is 0 Å². The molecule has 0 heterocycles. The highest BCUT2D eigenvalue weighted by Crippen LogP contribution is 2.18. The molecule has 0 saturated heterocycles. The van der Waals surface area contributed by atoms with Gasteiger partial charge >= 0.3 is 17.9 Å². The number of carbonyl (C=O) groups is 3. The van der Waals surface area contributed by atoms with Crippen molar-refractivity contribution in [3.05, 3.63) is 0 Å². The van der Waals surface area contributed by atoms with Gasteiger partial charge in [-0.05, 0) is 31.1 Å². The van der Waals surface area contributed by atoms with Crippen LogP contribution in [-0.4, -0.2) is 37.2 Å². The molecule has 0 aromatic carbocycles. The Morgan fingerprint density at radius 1 is 0.311 bits per heavy atom. The SMILES string of the molecule is CCCCCCCCCCCCCCCCCCCCCC(=O)O[C@H](COC(=O)CCCCCCCCCCCCC(C)C)COC(=O)CCCCCCCCCCC(C)C. The summed E-state index contributed by atoms with van der Waals surface area (Å²) in [6.07, 6.45) is 49.6. The molecule has 0 aliphatic carbocycles. The molecule has 0 aliphatic heterocycles. The Morgan fingerprint density at radius 2 is 0.541 bits per heavy atom. The lowest BCUT2D eigenvalue weighted by Gasteiger charge is -2.18. The number of rotatable bonds is 49. The van der Waals surface area contributed by atoms with Crippen molar-refractivity contribution in [1.82, 2.24) is 0 Å². The van der Waals surface area contributed by atoms with E-state index >= 15 is 0 Å². The third-order valence-electron chi connectivity index (χ3n) is 12.5. The molecule has 0 aromatic heterocycles. The van der Waals surface area contributed by atoms with Crippen LogP contribution < -0.4 is 0 Å². The van der Waals surface area contributed by atoms with Crippen LogP contribution in [0.2, 0.25) is 0 Å². The quantitative estimate of drug-likeness (QED) is 0.0344. The molecule has 0 radical (unpaired) electrons. The molecule has 0 spiro atoms.